The van der Waals surface area contributed by atoms with E-state index in [1.807, 2.05) is 35.8 Å². The van der Waals surface area contributed by atoms with Crippen LogP contribution in [0.15, 0.2) is 46.2 Å². The van der Waals surface area contributed by atoms with Crippen molar-refractivity contribution >= 4 is 17.7 Å². The summed E-state index contributed by atoms with van der Waals surface area (Å²) in [5.41, 5.74) is 0.953. The van der Waals surface area contributed by atoms with Crippen molar-refractivity contribution in [3.8, 4) is 23.1 Å². The number of rotatable bonds is 7. The molecule has 1 aromatic carbocycles. The Hall–Kier alpha value is -2.94. The number of fused-ring (bicyclic) bond motifs is 1. The van der Waals surface area contributed by atoms with E-state index < -0.39 is 0 Å². The number of hydrogen-bond acceptors (Lipinski definition) is 7. The quantitative estimate of drug-likeness (QED) is 0.624. The van der Waals surface area contributed by atoms with E-state index >= 15 is 0 Å². The molecule has 27 heavy (non-hydrogen) atoms. The van der Waals surface area contributed by atoms with E-state index in [0.29, 0.717) is 35.6 Å². The molecule has 0 fully saturated rings. The standard InChI is InChI=1S/C18H18N4O4S/c1-2-22-17(14-4-3-7-24-14)20-21-18(22)27-10-16(23)19-9-12-5-6-13-15(8-12)26-11-25-13/h3-8H,2,9-11H2,1H3,(H,19,23). The minimum Gasteiger partial charge on any atom is -0.461 e. The Morgan fingerprint density at radius 1 is 1.26 bits per heavy atom. The van der Waals surface area contributed by atoms with Crippen molar-refractivity contribution in [3.05, 3.63) is 42.2 Å². The smallest absolute Gasteiger partial charge is 0.231 e. The Labute approximate surface area is 159 Å². The van der Waals surface area contributed by atoms with E-state index in [0.717, 1.165) is 11.3 Å². The van der Waals surface area contributed by atoms with Gasteiger partial charge in [-0.2, -0.15) is 0 Å². The Morgan fingerprint density at radius 3 is 2.96 bits per heavy atom. The van der Waals surface area contributed by atoms with Gasteiger partial charge in [-0.25, -0.2) is 0 Å². The van der Waals surface area contributed by atoms with Gasteiger partial charge >= 0.3 is 0 Å². The fraction of sp³-hybridized carbons (Fsp3) is 0.278. The van der Waals surface area contributed by atoms with Crippen LogP contribution in [0.25, 0.3) is 11.6 Å². The van der Waals surface area contributed by atoms with Crippen molar-refractivity contribution in [1.82, 2.24) is 20.1 Å². The number of nitrogens with zero attached hydrogens (tertiary/aromatic N) is 3. The number of amides is 1. The summed E-state index contributed by atoms with van der Waals surface area (Å²) in [4.78, 5) is 12.2. The van der Waals surface area contributed by atoms with Crippen molar-refractivity contribution in [3.63, 3.8) is 0 Å². The third-order valence-electron chi connectivity index (χ3n) is 4.03. The first-order valence-electron chi connectivity index (χ1n) is 8.49. The summed E-state index contributed by atoms with van der Waals surface area (Å²) in [5, 5.41) is 11.9. The maximum atomic E-state index is 12.2. The van der Waals surface area contributed by atoms with Gasteiger partial charge in [0.25, 0.3) is 0 Å². The molecule has 0 saturated heterocycles. The van der Waals surface area contributed by atoms with Gasteiger partial charge in [-0.15, -0.1) is 10.2 Å². The molecular weight excluding hydrogens is 368 g/mol. The zero-order valence-corrected chi connectivity index (χ0v) is 15.5. The number of benzene rings is 1. The molecule has 2 aromatic heterocycles. The van der Waals surface area contributed by atoms with Crippen molar-refractivity contribution in [2.45, 2.75) is 25.2 Å². The van der Waals surface area contributed by atoms with Crippen LogP contribution >= 0.6 is 11.8 Å². The van der Waals surface area contributed by atoms with Gasteiger partial charge in [0.1, 0.15) is 0 Å². The van der Waals surface area contributed by atoms with Crippen molar-refractivity contribution in [1.29, 1.82) is 0 Å². The maximum absolute atomic E-state index is 12.2. The summed E-state index contributed by atoms with van der Waals surface area (Å²) in [6.45, 7) is 3.35. The van der Waals surface area contributed by atoms with Crippen molar-refractivity contribution < 1.29 is 18.7 Å². The minimum atomic E-state index is -0.0807. The molecule has 0 aliphatic carbocycles. The van der Waals surface area contributed by atoms with E-state index in [9.17, 15) is 4.79 Å². The Morgan fingerprint density at radius 2 is 2.15 bits per heavy atom. The summed E-state index contributed by atoms with van der Waals surface area (Å²) in [7, 11) is 0. The summed E-state index contributed by atoms with van der Waals surface area (Å²) in [6, 6.07) is 9.27. The molecule has 3 aromatic rings. The molecular formula is C18H18N4O4S. The van der Waals surface area contributed by atoms with Crippen LogP contribution in [-0.4, -0.2) is 33.2 Å². The Bertz CT molecular complexity index is 939. The van der Waals surface area contributed by atoms with Crippen LogP contribution in [0.4, 0.5) is 0 Å². The molecule has 1 aliphatic heterocycles. The van der Waals surface area contributed by atoms with E-state index in [1.165, 1.54) is 11.8 Å². The topological polar surface area (TPSA) is 91.4 Å². The lowest BCUT2D eigenvalue weighted by molar-refractivity contribution is -0.118. The van der Waals surface area contributed by atoms with Crippen LogP contribution in [0.3, 0.4) is 0 Å². The summed E-state index contributed by atoms with van der Waals surface area (Å²) in [6.07, 6.45) is 1.60. The molecule has 0 unspecified atom stereocenters. The second-order valence-corrected chi connectivity index (χ2v) is 6.72. The number of carbonyl (C=O) groups is 1. The number of nitrogens with one attached hydrogen (secondary N) is 1. The van der Waals surface area contributed by atoms with E-state index in [1.54, 1.807) is 12.3 Å². The molecule has 140 valence electrons. The lowest BCUT2D eigenvalue weighted by Gasteiger charge is -2.07. The van der Waals surface area contributed by atoms with Gasteiger partial charge in [0, 0.05) is 13.1 Å². The predicted octanol–water partition coefficient (Wildman–Crippen LogP) is 2.70. The van der Waals surface area contributed by atoms with Crippen molar-refractivity contribution in [2.75, 3.05) is 12.5 Å². The fourth-order valence-corrected chi connectivity index (χ4v) is 3.53. The van der Waals surface area contributed by atoms with E-state index in [4.69, 9.17) is 13.9 Å². The van der Waals surface area contributed by atoms with Gasteiger partial charge in [-0.05, 0) is 36.8 Å². The molecule has 1 N–H and O–H groups in total. The molecule has 0 saturated carbocycles. The Balaban J connectivity index is 1.33. The number of thioether (sulfide) groups is 1. The van der Waals surface area contributed by atoms with Crippen LogP contribution in [0.2, 0.25) is 0 Å². The predicted molar refractivity (Wildman–Crippen MR) is 98.5 cm³/mol. The molecule has 0 bridgehead atoms. The summed E-state index contributed by atoms with van der Waals surface area (Å²) < 4.78 is 17.9. The minimum absolute atomic E-state index is 0.0807. The van der Waals surface area contributed by atoms with Crippen LogP contribution < -0.4 is 14.8 Å². The first kappa shape index (κ1) is 17.5. The van der Waals surface area contributed by atoms with Gasteiger partial charge in [-0.1, -0.05) is 17.8 Å². The van der Waals surface area contributed by atoms with Gasteiger partial charge in [0.05, 0.1) is 12.0 Å². The molecule has 0 radical (unpaired) electrons. The highest BCUT2D eigenvalue weighted by molar-refractivity contribution is 7.99. The number of hydrogen-bond donors (Lipinski definition) is 1. The molecule has 8 nitrogen and oxygen atoms in total. The SMILES string of the molecule is CCn1c(SCC(=O)NCc2ccc3c(c2)OCO3)nnc1-c1ccco1. The first-order valence-corrected chi connectivity index (χ1v) is 9.48. The number of ether oxygens (including phenoxy) is 2. The average Bonchev–Trinajstić information content (AvgIpc) is 3.43. The second kappa shape index (κ2) is 7.75. The van der Waals surface area contributed by atoms with Crippen LogP contribution in [-0.2, 0) is 17.9 Å². The van der Waals surface area contributed by atoms with E-state index in [-0.39, 0.29) is 18.5 Å². The largest absolute Gasteiger partial charge is 0.461 e. The Kier molecular flexibility index (Phi) is 5.01. The van der Waals surface area contributed by atoms with Gasteiger partial charge in [0.15, 0.2) is 28.2 Å². The zero-order chi connectivity index (χ0) is 18.6. The van der Waals surface area contributed by atoms with Gasteiger partial charge in [-0.3, -0.25) is 9.36 Å². The highest BCUT2D eigenvalue weighted by Gasteiger charge is 2.17. The molecule has 0 atom stereocenters. The van der Waals surface area contributed by atoms with Crippen molar-refractivity contribution in [2.24, 2.45) is 0 Å². The van der Waals surface area contributed by atoms with Gasteiger partial charge in [0.2, 0.25) is 12.7 Å². The van der Waals surface area contributed by atoms with E-state index in [2.05, 4.69) is 15.5 Å². The number of carbonyl (C=O) groups excluding carboxylic acids is 1. The normalized spacial score (nSPS) is 12.3. The average molecular weight is 386 g/mol. The molecule has 4 rings (SSSR count). The van der Waals surface area contributed by atoms with Crippen LogP contribution in [0, 0.1) is 0 Å². The molecule has 3 heterocycles. The first-order chi connectivity index (χ1) is 13.2. The zero-order valence-electron chi connectivity index (χ0n) is 14.7. The molecule has 0 spiro atoms. The number of furan rings is 1. The third kappa shape index (κ3) is 3.77. The second-order valence-electron chi connectivity index (χ2n) is 5.78. The van der Waals surface area contributed by atoms with Crippen LogP contribution in [0.5, 0.6) is 11.5 Å². The van der Waals surface area contributed by atoms with Crippen LogP contribution in [0.1, 0.15) is 12.5 Å². The number of aromatic nitrogens is 3. The highest BCUT2D eigenvalue weighted by atomic mass is 32.2. The lowest BCUT2D eigenvalue weighted by atomic mass is 10.2. The monoisotopic (exact) mass is 386 g/mol. The van der Waals surface area contributed by atoms with Gasteiger partial charge < -0.3 is 19.2 Å². The maximum Gasteiger partial charge on any atom is 0.231 e. The molecule has 9 heteroatoms. The molecule has 1 amide bonds. The summed E-state index contributed by atoms with van der Waals surface area (Å²) in [5.74, 6) is 2.92. The fourth-order valence-electron chi connectivity index (χ4n) is 2.70. The molecule has 1 aliphatic rings. The summed E-state index contributed by atoms with van der Waals surface area (Å²) >= 11 is 1.34. The lowest BCUT2D eigenvalue weighted by Crippen LogP contribution is -2.24. The highest BCUT2D eigenvalue weighted by Crippen LogP contribution is 2.32. The third-order valence-corrected chi connectivity index (χ3v) is 5.00.